The number of benzene rings is 1. The Morgan fingerprint density at radius 3 is 1.55 bits per heavy atom. The number of unbranched alkanes of at least 4 members (excludes halogenated alkanes) is 1. The summed E-state index contributed by atoms with van der Waals surface area (Å²) in [6.07, 6.45) is 0.483. The van der Waals surface area contributed by atoms with Gasteiger partial charge in [-0.05, 0) is 88.8 Å². The van der Waals surface area contributed by atoms with Crippen LogP contribution in [0.3, 0.4) is 0 Å². The van der Waals surface area contributed by atoms with Gasteiger partial charge in [-0.3, -0.25) is 52.7 Å². The van der Waals surface area contributed by atoms with Crippen molar-refractivity contribution in [3.63, 3.8) is 0 Å². The van der Waals surface area contributed by atoms with Crippen molar-refractivity contribution in [1.82, 2.24) is 58.5 Å². The van der Waals surface area contributed by atoms with Crippen LogP contribution in [0.5, 0.6) is 0 Å². The zero-order valence-corrected chi connectivity index (χ0v) is 51.7. The Labute approximate surface area is 504 Å². The highest BCUT2D eigenvalue weighted by Gasteiger charge is 2.41. The minimum atomic E-state index is -1.81. The molecule has 0 saturated carbocycles. The molecule has 17 N–H and O–H groups in total. The van der Waals surface area contributed by atoms with Crippen LogP contribution in [0, 0.1) is 23.7 Å². The van der Waals surface area contributed by atoms with Gasteiger partial charge >= 0.3 is 5.97 Å². The Balaban J connectivity index is 2.40. The molecule has 0 spiro atoms. The maximum atomic E-state index is 14.4. The summed E-state index contributed by atoms with van der Waals surface area (Å²) < 4.78 is 5.71. The summed E-state index contributed by atoms with van der Waals surface area (Å²) in [4.78, 5) is 165. The van der Waals surface area contributed by atoms with Crippen molar-refractivity contribution in [3.05, 3.63) is 35.9 Å². The smallest absolute Gasteiger partial charge is 0.329 e. The molecule has 0 aliphatic carbocycles. The third-order valence-corrected chi connectivity index (χ3v) is 15.7. The molecule has 86 heavy (non-hydrogen) atoms. The van der Waals surface area contributed by atoms with Crippen molar-refractivity contribution < 1.29 is 72.5 Å². The number of aliphatic hydroxyl groups excluding tert-OH is 2. The first-order chi connectivity index (χ1) is 40.7. The number of ether oxygens (including phenoxy) is 1. The summed E-state index contributed by atoms with van der Waals surface area (Å²) in [6.45, 7) is 14.5. The molecule has 1 saturated heterocycles. The summed E-state index contributed by atoms with van der Waals surface area (Å²) >= 11 is 0. The van der Waals surface area contributed by atoms with E-state index in [0.717, 1.165) is 5.56 Å². The van der Waals surface area contributed by atoms with E-state index in [9.17, 15) is 67.7 Å². The lowest BCUT2D eigenvalue weighted by Crippen LogP contribution is -2.63. The molecule has 1 aromatic rings. The van der Waals surface area contributed by atoms with Gasteiger partial charge in [-0.15, -0.1) is 0 Å². The van der Waals surface area contributed by atoms with Crippen LogP contribution in [-0.2, 0) is 68.7 Å². The molecule has 28 heteroatoms. The summed E-state index contributed by atoms with van der Waals surface area (Å²) in [5.74, 6) is -12.9. The minimum absolute atomic E-state index is 0.163. The predicted molar refractivity (Wildman–Crippen MR) is 317 cm³/mol. The van der Waals surface area contributed by atoms with Gasteiger partial charge in [0.15, 0.2) is 0 Å². The van der Waals surface area contributed by atoms with Crippen LogP contribution < -0.4 is 70.0 Å². The van der Waals surface area contributed by atoms with Crippen molar-refractivity contribution in [2.24, 2.45) is 35.1 Å². The van der Waals surface area contributed by atoms with Crippen molar-refractivity contribution in [1.29, 1.82) is 0 Å². The van der Waals surface area contributed by atoms with Gasteiger partial charge in [-0.2, -0.15) is 0 Å². The molecule has 11 amide bonds. The van der Waals surface area contributed by atoms with Crippen molar-refractivity contribution in [3.8, 4) is 0 Å². The standard InChI is InChI=1S/C58H97N13O15/c1-12-30(5)43(68-51(78)39(61-11)27-36-21-17-16-18-22-36)54(81)65-40(28-72)52(79)64-38(24-25-42(60)74)50(77)67-45(32(7)14-3)56(83)69-44(31(6)13-2)55(82)66-41(29-73)53(80)71-47-35(10)86-58(85)46(33(8)15-4)70-49(76)37(23-19-20-26-59)63-48(75)34(9)62-57(47)84/h16-18,21-22,30-35,37-41,43-47,61,72-73H,12-15,19-20,23-29,59H2,1-11H3,(H2,60,74)(H,62,84)(H,63,75)(H,64,79)(H,65,81)(H,66,82)(H,67,77)(H,68,78)(H,69,83)(H,70,76)(H,71,80)/t30-,31-,32+,33-,34-,35-,37-,38+,39+,40-,41-,43-,44-,45+,46-,47+/m0/s1. The summed E-state index contributed by atoms with van der Waals surface area (Å²) in [6, 6.07) is -6.09. The number of hydrogen-bond acceptors (Lipinski definition) is 17. The van der Waals surface area contributed by atoms with E-state index in [1.807, 2.05) is 30.3 Å². The Morgan fingerprint density at radius 1 is 0.593 bits per heavy atom. The molecule has 28 nitrogen and oxygen atoms in total. The third kappa shape index (κ3) is 23.5. The molecule has 2 rings (SSSR count). The fourth-order valence-corrected chi connectivity index (χ4v) is 9.10. The Hall–Kier alpha value is -7.30. The Morgan fingerprint density at radius 2 is 1.07 bits per heavy atom. The average molecular weight is 1220 g/mol. The normalized spacial score (nSPS) is 21.3. The van der Waals surface area contributed by atoms with Gasteiger partial charge in [0.25, 0.3) is 0 Å². The first kappa shape index (κ1) is 74.8. The Bertz CT molecular complexity index is 2440. The van der Waals surface area contributed by atoms with E-state index < -0.39 is 193 Å². The van der Waals surface area contributed by atoms with Gasteiger partial charge in [0, 0.05) is 6.42 Å². The summed E-state index contributed by atoms with van der Waals surface area (Å²) in [5.41, 5.74) is 12.0. The second-order valence-electron chi connectivity index (χ2n) is 22.3. The molecule has 1 aliphatic heterocycles. The lowest BCUT2D eigenvalue weighted by molar-refractivity contribution is -0.157. The lowest BCUT2D eigenvalue weighted by Gasteiger charge is -2.31. The number of rotatable bonds is 34. The van der Waals surface area contributed by atoms with Gasteiger partial charge in [0.2, 0.25) is 65.0 Å². The number of hydrogen-bond donors (Lipinski definition) is 15. The molecule has 484 valence electrons. The van der Waals surface area contributed by atoms with Crippen LogP contribution >= 0.6 is 0 Å². The fraction of sp³-hybridized carbons (Fsp3) is 0.690. The van der Waals surface area contributed by atoms with E-state index >= 15 is 0 Å². The molecular weight excluding hydrogens is 1120 g/mol. The van der Waals surface area contributed by atoms with Crippen LogP contribution in [0.25, 0.3) is 0 Å². The van der Waals surface area contributed by atoms with Gasteiger partial charge in [-0.25, -0.2) is 4.79 Å². The van der Waals surface area contributed by atoms with E-state index in [2.05, 4.69) is 58.5 Å². The molecule has 1 heterocycles. The van der Waals surface area contributed by atoms with E-state index in [1.165, 1.54) is 13.8 Å². The predicted octanol–water partition coefficient (Wildman–Crippen LogP) is -2.81. The molecule has 1 fully saturated rings. The van der Waals surface area contributed by atoms with E-state index in [0.29, 0.717) is 38.6 Å². The highest BCUT2D eigenvalue weighted by atomic mass is 16.5. The van der Waals surface area contributed by atoms with E-state index in [1.54, 1.807) is 62.4 Å². The van der Waals surface area contributed by atoms with Crippen LogP contribution in [0.2, 0.25) is 0 Å². The number of likely N-dealkylation sites (N-methyl/N-ethyl adjacent to an activating group) is 1. The molecule has 1 aliphatic rings. The monoisotopic (exact) mass is 1220 g/mol. The number of cyclic esters (lactones) is 1. The number of nitrogens with two attached hydrogens (primary N) is 2. The van der Waals surface area contributed by atoms with E-state index in [4.69, 9.17) is 16.2 Å². The number of primary amides is 1. The number of carbonyl (C=O) groups is 12. The summed E-state index contributed by atoms with van der Waals surface area (Å²) in [7, 11) is 1.60. The number of amides is 11. The first-order valence-electron chi connectivity index (χ1n) is 29.8. The van der Waals surface area contributed by atoms with Crippen LogP contribution in [0.1, 0.15) is 133 Å². The van der Waals surface area contributed by atoms with Crippen molar-refractivity contribution >= 4 is 70.9 Å². The van der Waals surface area contributed by atoms with Crippen molar-refractivity contribution in [2.45, 2.75) is 206 Å². The quantitative estimate of drug-likeness (QED) is 0.0245. The van der Waals surface area contributed by atoms with Gasteiger partial charge < -0.3 is 84.9 Å². The number of esters is 1. The average Bonchev–Trinajstić information content (AvgIpc) is 3.36. The fourth-order valence-electron chi connectivity index (χ4n) is 9.10. The molecule has 0 unspecified atom stereocenters. The Kier molecular flexibility index (Phi) is 33.0. The third-order valence-electron chi connectivity index (χ3n) is 15.7. The van der Waals surface area contributed by atoms with Gasteiger partial charge in [-0.1, -0.05) is 111 Å². The summed E-state index contributed by atoms with van der Waals surface area (Å²) in [5, 5.41) is 49.4. The zero-order valence-electron chi connectivity index (χ0n) is 51.7. The molecular formula is C58H97N13O15. The number of carbonyl (C=O) groups excluding carboxylic acids is 12. The number of aliphatic hydroxyl groups is 2. The molecule has 16 atom stereocenters. The van der Waals surface area contributed by atoms with E-state index in [-0.39, 0.29) is 19.3 Å². The van der Waals surface area contributed by atoms with Crippen LogP contribution in [0.15, 0.2) is 30.3 Å². The van der Waals surface area contributed by atoms with Crippen LogP contribution in [0.4, 0.5) is 0 Å². The molecule has 1 aromatic carbocycles. The highest BCUT2D eigenvalue weighted by molar-refractivity contribution is 5.99. The van der Waals surface area contributed by atoms with Crippen molar-refractivity contribution in [2.75, 3.05) is 26.8 Å². The molecule has 0 radical (unpaired) electrons. The number of nitrogens with one attached hydrogen (secondary N) is 11. The topological polar surface area (TPSA) is 439 Å². The lowest BCUT2D eigenvalue weighted by atomic mass is 9.94. The minimum Gasteiger partial charge on any atom is -0.458 e. The molecule has 0 aromatic heterocycles. The maximum absolute atomic E-state index is 14.4. The molecule has 0 bridgehead atoms. The second-order valence-corrected chi connectivity index (χ2v) is 22.3. The van der Waals surface area contributed by atoms with Gasteiger partial charge in [0.1, 0.15) is 66.5 Å². The first-order valence-corrected chi connectivity index (χ1v) is 29.8. The largest absolute Gasteiger partial charge is 0.458 e. The SMILES string of the molecule is CC[C@@H](C)[C@@H](NC(=O)[C@@H](CCC(N)=O)NC(=O)[C@H](CO)NC(=O)[C@@H](NC(=O)[C@@H](Cc1ccccc1)NC)[C@@H](C)CC)C(=O)N[C@H](C(=O)N[C@@H](CO)C(=O)N[C@H]1C(=O)N[C@@H](C)C(=O)N[C@@H](CCCCN)C(=O)N[C@@H]([C@@H](C)CC)C(=O)O[C@H]1C)[C@@H](C)CC. The van der Waals surface area contributed by atoms with Gasteiger partial charge in [0.05, 0.1) is 19.3 Å². The highest BCUT2D eigenvalue weighted by Crippen LogP contribution is 2.17. The second kappa shape index (κ2) is 38.0. The zero-order chi connectivity index (χ0) is 65.0. The maximum Gasteiger partial charge on any atom is 0.329 e. The van der Waals surface area contributed by atoms with Crippen LogP contribution in [-0.4, -0.2) is 181 Å².